The van der Waals surface area contributed by atoms with Crippen molar-refractivity contribution in [3.63, 3.8) is 0 Å². The number of carbonyl (C=O) groups excluding carboxylic acids is 1. The van der Waals surface area contributed by atoms with E-state index in [0.717, 1.165) is 30.3 Å². The summed E-state index contributed by atoms with van der Waals surface area (Å²) in [5, 5.41) is 27.6. The molecule has 0 aliphatic rings. The summed E-state index contributed by atoms with van der Waals surface area (Å²) in [6.45, 7) is 1.51. The molecular weight excluding hydrogens is 620 g/mol. The minimum absolute atomic E-state index is 0.0274. The number of nitrogens with one attached hydrogen (secondary N) is 1. The van der Waals surface area contributed by atoms with Gasteiger partial charge in [-0.25, -0.2) is 14.6 Å². The van der Waals surface area contributed by atoms with Gasteiger partial charge in [0.2, 0.25) is 17.4 Å². The fourth-order valence-electron chi connectivity index (χ4n) is 4.26. The lowest BCUT2D eigenvalue weighted by Crippen LogP contribution is -2.11. The minimum atomic E-state index is -1.53. The Morgan fingerprint density at radius 1 is 0.936 bits per heavy atom. The Balaban J connectivity index is 1.63. The number of esters is 1. The second-order valence-corrected chi connectivity index (χ2v) is 9.74. The number of rotatable bonds is 11. The van der Waals surface area contributed by atoms with Crippen LogP contribution in [0.1, 0.15) is 33.2 Å². The Hall–Kier alpha value is -6.51. The van der Waals surface area contributed by atoms with E-state index < -0.39 is 69.7 Å². The monoisotopic (exact) mass is 645 g/mol. The summed E-state index contributed by atoms with van der Waals surface area (Å²) in [6.07, 6.45) is 3.31. The molecule has 240 valence electrons. The number of carbonyl (C=O) groups is 2. The lowest BCUT2D eigenvalue weighted by molar-refractivity contribution is 0.0526. The van der Waals surface area contributed by atoms with Gasteiger partial charge in [-0.2, -0.15) is 13.8 Å². The maximum absolute atomic E-state index is 16.0. The molecule has 0 atom stereocenters. The van der Waals surface area contributed by atoms with Gasteiger partial charge in [0.1, 0.15) is 23.2 Å². The summed E-state index contributed by atoms with van der Waals surface area (Å²) in [5.41, 5.74) is 5.52. The Bertz CT molecular complexity index is 2030. The van der Waals surface area contributed by atoms with E-state index in [0.29, 0.717) is 11.4 Å². The number of nitrogens with two attached hydrogens (primary N) is 1. The van der Waals surface area contributed by atoms with Crippen LogP contribution >= 0.6 is 0 Å². The van der Waals surface area contributed by atoms with Crippen LogP contribution in [-0.2, 0) is 11.8 Å². The van der Waals surface area contributed by atoms with Crippen molar-refractivity contribution >= 4 is 17.8 Å². The predicted molar refractivity (Wildman–Crippen MR) is 161 cm³/mol. The molecule has 0 fully saturated rings. The molecule has 5 aromatic rings. The zero-order valence-electron chi connectivity index (χ0n) is 24.7. The van der Waals surface area contributed by atoms with E-state index in [1.807, 2.05) is 0 Å². The smallest absolute Gasteiger partial charge is 0.338 e. The maximum atomic E-state index is 16.0. The number of ether oxygens (including phenoxy) is 4. The molecule has 2 aromatic heterocycles. The highest BCUT2D eigenvalue weighted by atomic mass is 19.1. The van der Waals surface area contributed by atoms with Gasteiger partial charge in [0, 0.05) is 30.6 Å². The highest BCUT2D eigenvalue weighted by Crippen LogP contribution is 2.41. The molecule has 5 rings (SSSR count). The molecule has 0 radical (unpaired) electrons. The number of hydrogen-bond donors (Lipinski definition) is 4. The van der Waals surface area contributed by atoms with Gasteiger partial charge in [-0.15, -0.1) is 0 Å². The first-order chi connectivity index (χ1) is 22.4. The van der Waals surface area contributed by atoms with Crippen molar-refractivity contribution in [3.8, 4) is 51.9 Å². The van der Waals surface area contributed by atoms with Crippen molar-refractivity contribution < 1.29 is 47.5 Å². The van der Waals surface area contributed by atoms with Crippen molar-refractivity contribution in [2.75, 3.05) is 6.61 Å². The molecule has 5 N–H and O–H groups in total. The zero-order chi connectivity index (χ0) is 33.8. The van der Waals surface area contributed by atoms with E-state index in [9.17, 15) is 19.8 Å². The summed E-state index contributed by atoms with van der Waals surface area (Å²) in [5.74, 6) is -9.40. The number of amidine groups is 1. The Kier molecular flexibility index (Phi) is 8.98. The molecular formula is C32H25F2N5O8. The van der Waals surface area contributed by atoms with Gasteiger partial charge < -0.3 is 39.5 Å². The van der Waals surface area contributed by atoms with Crippen molar-refractivity contribution in [2.24, 2.45) is 12.8 Å². The third-order valence-corrected chi connectivity index (χ3v) is 6.47. The first-order valence-electron chi connectivity index (χ1n) is 13.7. The number of carboxylic acids is 1. The van der Waals surface area contributed by atoms with Crippen LogP contribution in [0, 0.1) is 17.0 Å². The van der Waals surface area contributed by atoms with Gasteiger partial charge >= 0.3 is 11.9 Å². The number of aromatic carboxylic acids is 1. The number of nitrogens with zero attached hydrogens (tertiary/aromatic N) is 3. The molecule has 0 saturated carbocycles. The van der Waals surface area contributed by atoms with Crippen molar-refractivity contribution in [3.05, 3.63) is 101 Å². The van der Waals surface area contributed by atoms with Crippen LogP contribution in [0.25, 0.3) is 11.4 Å². The van der Waals surface area contributed by atoms with Gasteiger partial charge in [0.15, 0.2) is 11.5 Å². The molecule has 0 aliphatic heterocycles. The Morgan fingerprint density at radius 3 is 2.32 bits per heavy atom. The number of halogens is 2. The summed E-state index contributed by atoms with van der Waals surface area (Å²) in [6, 6.07) is 12.9. The second-order valence-electron chi connectivity index (χ2n) is 9.74. The number of pyridine rings is 1. The average molecular weight is 646 g/mol. The third-order valence-electron chi connectivity index (χ3n) is 6.47. The number of hydrogen-bond acceptors (Lipinski definition) is 10. The van der Waals surface area contributed by atoms with Crippen molar-refractivity contribution in [1.29, 1.82) is 5.41 Å². The van der Waals surface area contributed by atoms with Crippen LogP contribution in [0.4, 0.5) is 8.78 Å². The number of aromatic nitrogens is 3. The number of aryl methyl sites for hydroxylation is 1. The summed E-state index contributed by atoms with van der Waals surface area (Å²) < 4.78 is 55.4. The number of aromatic hydroxyl groups is 1. The molecule has 0 aliphatic carbocycles. The van der Waals surface area contributed by atoms with Crippen LogP contribution in [0.2, 0.25) is 0 Å². The van der Waals surface area contributed by atoms with Crippen molar-refractivity contribution in [1.82, 2.24) is 14.5 Å². The Morgan fingerprint density at radius 2 is 1.66 bits per heavy atom. The van der Waals surface area contributed by atoms with Gasteiger partial charge in [-0.05, 0) is 55.5 Å². The minimum Gasteiger partial charge on any atom is -0.504 e. The molecule has 0 amide bonds. The fourth-order valence-corrected chi connectivity index (χ4v) is 4.26. The molecule has 13 nitrogen and oxygen atoms in total. The average Bonchev–Trinajstić information content (AvgIpc) is 3.48. The van der Waals surface area contributed by atoms with E-state index in [4.69, 9.17) is 30.1 Å². The van der Waals surface area contributed by atoms with E-state index in [-0.39, 0.29) is 23.5 Å². The molecule has 0 spiro atoms. The summed E-state index contributed by atoms with van der Waals surface area (Å²) >= 11 is 0. The zero-order valence-corrected chi connectivity index (χ0v) is 24.7. The normalized spacial score (nSPS) is 10.7. The third kappa shape index (κ3) is 6.93. The Labute approximate surface area is 264 Å². The molecule has 0 unspecified atom stereocenters. The standard InChI is InChI=1S/C32H25F2N5O8/c1-3-44-32(43)19-11-18(31(41)42)13-21(14-19)45-26-24(33)29(46-20-6-4-5-17(12-20)28-37-9-10-39(28)2)38-30(25(26)34)47-23-15-16(27(35)36)7-8-22(23)40/h4-15,40H,3H2,1-2H3,(H3,35,36)(H,41,42). The number of imidazole rings is 1. The van der Waals surface area contributed by atoms with Crippen molar-refractivity contribution in [2.45, 2.75) is 6.92 Å². The lowest BCUT2D eigenvalue weighted by atomic mass is 10.1. The number of carboxylic acid groups (broad SMARTS) is 1. The van der Waals surface area contributed by atoms with Gasteiger partial charge in [-0.1, -0.05) is 12.1 Å². The predicted octanol–water partition coefficient (Wildman–Crippen LogP) is 6.00. The molecule has 2 heterocycles. The molecule has 3 aromatic carbocycles. The topological polar surface area (TPSA) is 192 Å². The number of nitrogen functional groups attached to an aromatic ring is 1. The highest BCUT2D eigenvalue weighted by molar-refractivity contribution is 5.96. The molecule has 0 bridgehead atoms. The van der Waals surface area contributed by atoms with E-state index >= 15 is 8.78 Å². The first kappa shape index (κ1) is 31.9. The number of benzene rings is 3. The quantitative estimate of drug-likeness (QED) is 0.0748. The number of phenols is 1. The molecule has 15 heteroatoms. The van der Waals surface area contributed by atoms with Crippen LogP contribution in [0.5, 0.6) is 40.5 Å². The molecule has 47 heavy (non-hydrogen) atoms. The maximum Gasteiger partial charge on any atom is 0.338 e. The van der Waals surface area contributed by atoms with Gasteiger partial charge in [0.05, 0.1) is 17.7 Å². The SMILES string of the molecule is CCOC(=O)c1cc(Oc2c(F)c(Oc3cccc(-c4nccn4C)c3)nc(Oc3cc(C(=N)N)ccc3O)c2F)cc(C(=O)O)c1. The van der Waals surface area contributed by atoms with E-state index in [1.54, 1.807) is 36.1 Å². The largest absolute Gasteiger partial charge is 0.504 e. The fraction of sp³-hybridized carbons (Fsp3) is 0.0938. The lowest BCUT2D eigenvalue weighted by Gasteiger charge is -2.16. The second kappa shape index (κ2) is 13.2. The van der Waals surface area contributed by atoms with Crippen LogP contribution in [0.3, 0.4) is 0 Å². The van der Waals surface area contributed by atoms with Crippen LogP contribution in [0.15, 0.2) is 73.1 Å². The van der Waals surface area contributed by atoms with Gasteiger partial charge in [-0.3, -0.25) is 5.41 Å². The van der Waals surface area contributed by atoms with E-state index in [1.165, 1.54) is 25.1 Å². The van der Waals surface area contributed by atoms with Crippen LogP contribution < -0.4 is 19.9 Å². The molecule has 0 saturated heterocycles. The summed E-state index contributed by atoms with van der Waals surface area (Å²) in [7, 11) is 1.77. The first-order valence-corrected chi connectivity index (χ1v) is 13.7. The van der Waals surface area contributed by atoms with E-state index in [2.05, 4.69) is 9.97 Å². The summed E-state index contributed by atoms with van der Waals surface area (Å²) in [4.78, 5) is 32.3. The van der Waals surface area contributed by atoms with Crippen LogP contribution in [-0.4, -0.2) is 49.1 Å². The van der Waals surface area contributed by atoms with Gasteiger partial charge in [0.25, 0.3) is 11.8 Å². The highest BCUT2D eigenvalue weighted by Gasteiger charge is 2.27. The number of phenolic OH excluding ortho intramolecular Hbond substituents is 1.